The highest BCUT2D eigenvalue weighted by molar-refractivity contribution is 5.76. The van der Waals surface area contributed by atoms with Crippen molar-refractivity contribution in [2.45, 2.75) is 51.5 Å². The number of nitrogens with zero attached hydrogens (tertiary/aromatic N) is 4. The van der Waals surface area contributed by atoms with Crippen molar-refractivity contribution in [2.75, 3.05) is 6.61 Å². The summed E-state index contributed by atoms with van der Waals surface area (Å²) in [6, 6.07) is 13.3. The number of carbonyl (C=O) groups is 1. The fraction of sp³-hybridized carbons (Fsp3) is 0.310. The molecule has 2 atom stereocenters. The van der Waals surface area contributed by atoms with Crippen LogP contribution in [0.3, 0.4) is 0 Å². The number of hydrogen-bond acceptors (Lipinski definition) is 7. The number of pyridine rings is 1. The Kier molecular flexibility index (Phi) is 7.92. The van der Waals surface area contributed by atoms with Gasteiger partial charge in [0.05, 0.1) is 13.0 Å². The van der Waals surface area contributed by atoms with Crippen molar-refractivity contribution in [1.82, 2.24) is 19.7 Å². The van der Waals surface area contributed by atoms with E-state index in [1.54, 1.807) is 18.5 Å². The van der Waals surface area contributed by atoms with E-state index in [1.165, 1.54) is 0 Å². The maximum absolute atomic E-state index is 11.0. The second-order valence-corrected chi connectivity index (χ2v) is 9.18. The van der Waals surface area contributed by atoms with Crippen molar-refractivity contribution in [2.24, 2.45) is 5.73 Å². The van der Waals surface area contributed by atoms with Crippen LogP contribution in [0, 0.1) is 11.8 Å². The number of nitrogens with two attached hydrogens (primary N) is 1. The average Bonchev–Trinajstić information content (AvgIpc) is 3.59. The van der Waals surface area contributed by atoms with Gasteiger partial charge in [-0.05, 0) is 62.6 Å². The van der Waals surface area contributed by atoms with E-state index in [2.05, 4.69) is 27.0 Å². The number of primary amides is 1. The Bertz CT molecular complexity index is 1420. The van der Waals surface area contributed by atoms with E-state index in [1.807, 2.05) is 54.1 Å². The van der Waals surface area contributed by atoms with E-state index < -0.39 is 5.91 Å². The molecule has 1 aliphatic heterocycles. The molecule has 1 saturated heterocycles. The lowest BCUT2D eigenvalue weighted by Crippen LogP contribution is -2.24. The molecule has 5 rings (SSSR count). The number of hydrogen-bond donors (Lipinski definition) is 1. The molecule has 0 saturated carbocycles. The van der Waals surface area contributed by atoms with Crippen LogP contribution >= 0.6 is 0 Å². The summed E-state index contributed by atoms with van der Waals surface area (Å²) in [6.45, 7) is 3.25. The number of benzene rings is 1. The third-order valence-electron chi connectivity index (χ3n) is 6.20. The largest absolute Gasteiger partial charge is 0.369 e. The van der Waals surface area contributed by atoms with Crippen LogP contribution in [0.5, 0.6) is 0 Å². The van der Waals surface area contributed by atoms with E-state index in [4.69, 9.17) is 19.7 Å². The summed E-state index contributed by atoms with van der Waals surface area (Å²) in [4.78, 5) is 19.7. The summed E-state index contributed by atoms with van der Waals surface area (Å²) in [5.74, 6) is 7.29. The molecule has 2 N–H and O–H groups in total. The topological polar surface area (TPSA) is 118 Å². The Balaban J connectivity index is 1.20. The van der Waals surface area contributed by atoms with Crippen molar-refractivity contribution in [3.05, 3.63) is 89.4 Å². The van der Waals surface area contributed by atoms with Crippen LogP contribution in [-0.4, -0.2) is 38.5 Å². The lowest BCUT2D eigenvalue weighted by Gasteiger charge is -2.26. The van der Waals surface area contributed by atoms with Gasteiger partial charge in [-0.2, -0.15) is 0 Å². The first-order valence-electron chi connectivity index (χ1n) is 12.6. The lowest BCUT2D eigenvalue weighted by atomic mass is 10.1. The highest BCUT2D eigenvalue weighted by Crippen LogP contribution is 2.25. The van der Waals surface area contributed by atoms with E-state index in [0.29, 0.717) is 18.0 Å². The van der Waals surface area contributed by atoms with Gasteiger partial charge in [0.25, 0.3) is 0 Å². The molecule has 0 aliphatic carbocycles. The second-order valence-electron chi connectivity index (χ2n) is 9.18. The van der Waals surface area contributed by atoms with Gasteiger partial charge in [0.2, 0.25) is 5.91 Å². The van der Waals surface area contributed by atoms with Crippen molar-refractivity contribution in [3.63, 3.8) is 0 Å². The summed E-state index contributed by atoms with van der Waals surface area (Å²) in [6.07, 6.45) is 8.17. The zero-order valence-electron chi connectivity index (χ0n) is 21.2. The van der Waals surface area contributed by atoms with Crippen molar-refractivity contribution in [3.8, 4) is 23.2 Å². The molecule has 0 bridgehead atoms. The second kappa shape index (κ2) is 11.9. The molecule has 4 heterocycles. The number of imidazole rings is 1. The monoisotopic (exact) mass is 511 g/mol. The SMILES string of the molecule is CC(OC1CCCCO1)c1nccn1Cc1cc(-c2ccc(C#Cc3ccc(CC(N)=O)nc3)cc2)on1. The summed E-state index contributed by atoms with van der Waals surface area (Å²) in [7, 11) is 0. The summed E-state index contributed by atoms with van der Waals surface area (Å²) in [5, 5.41) is 4.25. The van der Waals surface area contributed by atoms with Gasteiger partial charge in [-0.25, -0.2) is 4.98 Å². The van der Waals surface area contributed by atoms with Crippen LogP contribution in [0.4, 0.5) is 0 Å². The summed E-state index contributed by atoms with van der Waals surface area (Å²) < 4.78 is 19.4. The maximum Gasteiger partial charge on any atom is 0.223 e. The maximum atomic E-state index is 11.0. The Morgan fingerprint density at radius 2 is 1.95 bits per heavy atom. The zero-order chi connectivity index (χ0) is 26.3. The summed E-state index contributed by atoms with van der Waals surface area (Å²) in [5.41, 5.74) is 9.13. The van der Waals surface area contributed by atoms with Crippen molar-refractivity contribution < 1.29 is 18.8 Å². The first-order valence-corrected chi connectivity index (χ1v) is 12.6. The number of carbonyl (C=O) groups excluding carboxylic acids is 1. The average molecular weight is 512 g/mol. The molecule has 3 aromatic heterocycles. The Morgan fingerprint density at radius 1 is 1.13 bits per heavy atom. The summed E-state index contributed by atoms with van der Waals surface area (Å²) >= 11 is 0. The smallest absolute Gasteiger partial charge is 0.223 e. The molecular formula is C29H29N5O4. The lowest BCUT2D eigenvalue weighted by molar-refractivity contribution is -0.188. The van der Waals surface area contributed by atoms with E-state index in [9.17, 15) is 4.79 Å². The molecule has 194 valence electrons. The standard InChI is InChI=1S/C29H29N5O4/c1-20(37-28-4-2-3-15-36-28)29-31-13-14-34(29)19-25-16-26(38-33-25)23-10-7-21(8-11-23)5-6-22-9-12-24(32-18-22)17-27(30)35/h7-14,16,18,20,28H,2-4,15,17,19H2,1H3,(H2,30,35). The first kappa shape index (κ1) is 25.4. The molecule has 2 unspecified atom stereocenters. The van der Waals surface area contributed by atoms with Crippen molar-refractivity contribution in [1.29, 1.82) is 0 Å². The molecular weight excluding hydrogens is 482 g/mol. The quantitative estimate of drug-likeness (QED) is 0.355. The molecule has 1 aliphatic rings. The van der Waals surface area contributed by atoms with Crippen LogP contribution in [0.1, 0.15) is 60.6 Å². The van der Waals surface area contributed by atoms with Crippen LogP contribution in [0.25, 0.3) is 11.3 Å². The van der Waals surface area contributed by atoms with Gasteiger partial charge in [-0.3, -0.25) is 9.78 Å². The minimum atomic E-state index is -0.411. The van der Waals surface area contributed by atoms with E-state index >= 15 is 0 Å². The molecule has 38 heavy (non-hydrogen) atoms. The predicted molar refractivity (Wildman–Crippen MR) is 139 cm³/mol. The van der Waals surface area contributed by atoms with E-state index in [-0.39, 0.29) is 18.8 Å². The molecule has 0 radical (unpaired) electrons. The predicted octanol–water partition coefficient (Wildman–Crippen LogP) is 4.01. The van der Waals surface area contributed by atoms with E-state index in [0.717, 1.165) is 54.1 Å². The number of ether oxygens (including phenoxy) is 2. The Hall–Kier alpha value is -4.26. The van der Waals surface area contributed by atoms with Crippen LogP contribution in [0.2, 0.25) is 0 Å². The molecule has 4 aromatic rings. The number of amides is 1. The Morgan fingerprint density at radius 3 is 2.68 bits per heavy atom. The van der Waals surface area contributed by atoms with Gasteiger partial charge in [-0.15, -0.1) is 0 Å². The highest BCUT2D eigenvalue weighted by atomic mass is 16.7. The fourth-order valence-electron chi connectivity index (χ4n) is 4.26. The molecule has 1 aromatic carbocycles. The minimum Gasteiger partial charge on any atom is -0.369 e. The molecule has 9 heteroatoms. The Labute approximate surface area is 221 Å². The van der Waals surface area contributed by atoms with Gasteiger partial charge in [0.1, 0.15) is 17.6 Å². The van der Waals surface area contributed by atoms with Gasteiger partial charge >= 0.3 is 0 Å². The highest BCUT2D eigenvalue weighted by Gasteiger charge is 2.21. The van der Waals surface area contributed by atoms with Crippen LogP contribution < -0.4 is 5.73 Å². The van der Waals surface area contributed by atoms with Gasteiger partial charge in [-0.1, -0.05) is 17.0 Å². The molecule has 1 fully saturated rings. The minimum absolute atomic E-state index is 0.116. The van der Waals surface area contributed by atoms with Gasteiger partial charge < -0.3 is 24.3 Å². The zero-order valence-corrected chi connectivity index (χ0v) is 21.2. The molecule has 0 spiro atoms. The normalized spacial score (nSPS) is 16.0. The first-order chi connectivity index (χ1) is 18.5. The van der Waals surface area contributed by atoms with Gasteiger partial charge in [0.15, 0.2) is 12.1 Å². The van der Waals surface area contributed by atoms with Crippen LogP contribution in [0.15, 0.2) is 65.6 Å². The number of rotatable bonds is 8. The third-order valence-corrected chi connectivity index (χ3v) is 6.20. The van der Waals surface area contributed by atoms with Gasteiger partial charge in [0, 0.05) is 53.6 Å². The molecule has 9 nitrogen and oxygen atoms in total. The van der Waals surface area contributed by atoms with Crippen LogP contribution in [-0.2, 0) is 27.2 Å². The fourth-order valence-corrected chi connectivity index (χ4v) is 4.26. The number of aromatic nitrogens is 4. The third kappa shape index (κ3) is 6.54. The van der Waals surface area contributed by atoms with Crippen molar-refractivity contribution >= 4 is 5.91 Å². The molecule has 1 amide bonds.